The Morgan fingerprint density at radius 1 is 1.33 bits per heavy atom. The molecule has 1 atom stereocenters. The van der Waals surface area contributed by atoms with Crippen LogP contribution in [0.4, 0.5) is 4.39 Å². The molecule has 1 unspecified atom stereocenters. The smallest absolute Gasteiger partial charge is 0.325 e. The normalized spacial score (nSPS) is 12.9. The van der Waals surface area contributed by atoms with Crippen molar-refractivity contribution in [3.63, 3.8) is 0 Å². The van der Waals surface area contributed by atoms with Crippen molar-refractivity contribution >= 4 is 18.0 Å². The Morgan fingerprint density at radius 3 is 2.39 bits per heavy atom. The molecule has 0 heterocycles. The number of carboxylic acids is 1. The summed E-state index contributed by atoms with van der Waals surface area (Å²) >= 11 is 0. The molecule has 0 aromatic heterocycles. The van der Waals surface area contributed by atoms with E-state index in [1.807, 2.05) is 0 Å². The predicted molar refractivity (Wildman–Crippen MR) is 65.3 cm³/mol. The summed E-state index contributed by atoms with van der Waals surface area (Å²) in [6.07, 6.45) is 1.56. The molecule has 0 radical (unpaired) electrons. The average Bonchev–Trinajstić information content (AvgIpc) is 2.31. The van der Waals surface area contributed by atoms with E-state index < -0.39 is 17.9 Å². The topological polar surface area (TPSA) is 66.4 Å². The third-order valence-electron chi connectivity index (χ3n) is 2.33. The molecule has 0 saturated heterocycles. The number of halogens is 1. The molecular formula is C13H14FNO3. The van der Waals surface area contributed by atoms with Crippen molar-refractivity contribution in [1.82, 2.24) is 5.32 Å². The van der Waals surface area contributed by atoms with Crippen LogP contribution in [0.15, 0.2) is 29.8 Å². The fourth-order valence-corrected chi connectivity index (χ4v) is 1.25. The van der Waals surface area contributed by atoms with Crippen molar-refractivity contribution in [3.8, 4) is 0 Å². The van der Waals surface area contributed by atoms with Gasteiger partial charge in [0.05, 0.1) is 0 Å². The highest BCUT2D eigenvalue weighted by Gasteiger charge is 2.14. The zero-order chi connectivity index (χ0) is 13.7. The van der Waals surface area contributed by atoms with E-state index in [-0.39, 0.29) is 5.82 Å². The summed E-state index contributed by atoms with van der Waals surface area (Å²) in [6.45, 7) is 2.94. The summed E-state index contributed by atoms with van der Waals surface area (Å²) in [5, 5.41) is 11.0. The van der Waals surface area contributed by atoms with Gasteiger partial charge in [-0.15, -0.1) is 0 Å². The van der Waals surface area contributed by atoms with Crippen LogP contribution < -0.4 is 5.32 Å². The van der Waals surface area contributed by atoms with Gasteiger partial charge in [-0.3, -0.25) is 9.59 Å². The standard InChI is InChI=1S/C13H14FNO3/c1-8(12(16)15-9(2)13(17)18)7-10-3-5-11(14)6-4-10/h3-7,9H,1-2H3,(H,15,16)(H,17,18). The second kappa shape index (κ2) is 5.95. The Hall–Kier alpha value is -2.17. The molecule has 0 aliphatic rings. The zero-order valence-corrected chi connectivity index (χ0v) is 10.1. The fourth-order valence-electron chi connectivity index (χ4n) is 1.25. The molecule has 18 heavy (non-hydrogen) atoms. The van der Waals surface area contributed by atoms with Crippen molar-refractivity contribution in [2.75, 3.05) is 0 Å². The van der Waals surface area contributed by atoms with E-state index in [1.165, 1.54) is 31.2 Å². The van der Waals surface area contributed by atoms with Crippen molar-refractivity contribution in [2.24, 2.45) is 0 Å². The van der Waals surface area contributed by atoms with Gasteiger partial charge in [0.25, 0.3) is 0 Å². The lowest BCUT2D eigenvalue weighted by Crippen LogP contribution is -2.38. The highest BCUT2D eigenvalue weighted by molar-refractivity contribution is 5.99. The van der Waals surface area contributed by atoms with Crippen LogP contribution in [0.25, 0.3) is 6.08 Å². The van der Waals surface area contributed by atoms with E-state index in [1.54, 1.807) is 13.0 Å². The number of amides is 1. The van der Waals surface area contributed by atoms with Crippen LogP contribution >= 0.6 is 0 Å². The van der Waals surface area contributed by atoms with Crippen molar-refractivity contribution in [2.45, 2.75) is 19.9 Å². The SMILES string of the molecule is CC(=Cc1ccc(F)cc1)C(=O)NC(C)C(=O)O. The minimum Gasteiger partial charge on any atom is -0.480 e. The summed E-state index contributed by atoms with van der Waals surface area (Å²) in [7, 11) is 0. The molecule has 0 fully saturated rings. The third kappa shape index (κ3) is 4.01. The summed E-state index contributed by atoms with van der Waals surface area (Å²) in [4.78, 5) is 22.2. The van der Waals surface area contributed by atoms with E-state index in [0.717, 1.165) is 0 Å². The maximum absolute atomic E-state index is 12.7. The average molecular weight is 251 g/mol. The molecule has 96 valence electrons. The molecule has 1 aromatic carbocycles. The fraction of sp³-hybridized carbons (Fsp3) is 0.231. The first-order valence-corrected chi connectivity index (χ1v) is 5.37. The number of nitrogens with one attached hydrogen (secondary N) is 1. The van der Waals surface area contributed by atoms with Gasteiger partial charge in [-0.25, -0.2) is 4.39 Å². The van der Waals surface area contributed by atoms with Gasteiger partial charge in [-0.1, -0.05) is 12.1 Å². The number of carbonyl (C=O) groups excluding carboxylic acids is 1. The van der Waals surface area contributed by atoms with E-state index in [2.05, 4.69) is 5.32 Å². The van der Waals surface area contributed by atoms with Gasteiger partial charge < -0.3 is 10.4 Å². The zero-order valence-electron chi connectivity index (χ0n) is 10.1. The predicted octanol–water partition coefficient (Wildman–Crippen LogP) is 1.82. The number of aliphatic carboxylic acids is 1. The monoisotopic (exact) mass is 251 g/mol. The molecule has 0 aliphatic heterocycles. The molecule has 1 amide bonds. The first-order chi connectivity index (χ1) is 8.40. The number of rotatable bonds is 4. The van der Waals surface area contributed by atoms with Gasteiger partial charge in [0.2, 0.25) is 5.91 Å². The second-order valence-corrected chi connectivity index (χ2v) is 3.91. The second-order valence-electron chi connectivity index (χ2n) is 3.91. The van der Waals surface area contributed by atoms with Crippen molar-refractivity contribution in [1.29, 1.82) is 0 Å². The molecule has 0 bridgehead atoms. The number of hydrogen-bond donors (Lipinski definition) is 2. The summed E-state index contributed by atoms with van der Waals surface area (Å²) in [5.41, 5.74) is 1.03. The first-order valence-electron chi connectivity index (χ1n) is 5.37. The Kier molecular flexibility index (Phi) is 4.59. The highest BCUT2D eigenvalue weighted by Crippen LogP contribution is 2.08. The van der Waals surface area contributed by atoms with E-state index in [9.17, 15) is 14.0 Å². The lowest BCUT2D eigenvalue weighted by molar-refractivity contribution is -0.140. The Morgan fingerprint density at radius 2 is 1.89 bits per heavy atom. The number of carboxylic acid groups (broad SMARTS) is 1. The molecule has 2 N–H and O–H groups in total. The van der Waals surface area contributed by atoms with E-state index >= 15 is 0 Å². The van der Waals surface area contributed by atoms with Crippen LogP contribution in [0.5, 0.6) is 0 Å². The lowest BCUT2D eigenvalue weighted by atomic mass is 10.1. The van der Waals surface area contributed by atoms with E-state index in [4.69, 9.17) is 5.11 Å². The third-order valence-corrected chi connectivity index (χ3v) is 2.33. The maximum atomic E-state index is 12.7. The Bertz CT molecular complexity index is 480. The van der Waals surface area contributed by atoms with Gasteiger partial charge in [-0.2, -0.15) is 0 Å². The highest BCUT2D eigenvalue weighted by atomic mass is 19.1. The first kappa shape index (κ1) is 13.9. The summed E-state index contributed by atoms with van der Waals surface area (Å²) < 4.78 is 12.7. The van der Waals surface area contributed by atoms with Crippen LogP contribution in [0.3, 0.4) is 0 Å². The van der Waals surface area contributed by atoms with Crippen molar-refractivity contribution in [3.05, 3.63) is 41.2 Å². The van der Waals surface area contributed by atoms with Crippen LogP contribution in [-0.4, -0.2) is 23.0 Å². The minimum absolute atomic E-state index is 0.353. The summed E-state index contributed by atoms with van der Waals surface area (Å²) in [5.74, 6) is -1.92. The van der Waals surface area contributed by atoms with Gasteiger partial charge in [0.1, 0.15) is 11.9 Å². The van der Waals surface area contributed by atoms with Crippen LogP contribution in [0, 0.1) is 5.82 Å². The van der Waals surface area contributed by atoms with Gasteiger partial charge in [0.15, 0.2) is 0 Å². The van der Waals surface area contributed by atoms with Crippen molar-refractivity contribution < 1.29 is 19.1 Å². The Labute approximate surface area is 104 Å². The molecule has 4 nitrogen and oxygen atoms in total. The number of benzene rings is 1. The van der Waals surface area contributed by atoms with Gasteiger partial charge >= 0.3 is 5.97 Å². The molecule has 5 heteroatoms. The Balaban J connectivity index is 2.74. The lowest BCUT2D eigenvalue weighted by Gasteiger charge is -2.09. The molecular weight excluding hydrogens is 237 g/mol. The van der Waals surface area contributed by atoms with Crippen LogP contribution in [0.2, 0.25) is 0 Å². The van der Waals surface area contributed by atoms with Crippen LogP contribution in [-0.2, 0) is 9.59 Å². The van der Waals surface area contributed by atoms with E-state index in [0.29, 0.717) is 11.1 Å². The molecule has 1 rings (SSSR count). The summed E-state index contributed by atoms with van der Waals surface area (Å²) in [6, 6.07) is 4.70. The number of carbonyl (C=O) groups is 2. The maximum Gasteiger partial charge on any atom is 0.325 e. The minimum atomic E-state index is -1.10. The largest absolute Gasteiger partial charge is 0.480 e. The van der Waals surface area contributed by atoms with Crippen LogP contribution in [0.1, 0.15) is 19.4 Å². The quantitative estimate of drug-likeness (QED) is 0.802. The number of hydrogen-bond acceptors (Lipinski definition) is 2. The molecule has 1 aromatic rings. The molecule has 0 spiro atoms. The van der Waals surface area contributed by atoms with Gasteiger partial charge in [-0.05, 0) is 37.6 Å². The van der Waals surface area contributed by atoms with Gasteiger partial charge in [0, 0.05) is 5.57 Å². The molecule has 0 aliphatic carbocycles. The molecule has 0 saturated carbocycles.